The minimum atomic E-state index is -0.731. The first-order chi connectivity index (χ1) is 10.0. The number of ether oxygens (including phenoxy) is 2. The summed E-state index contributed by atoms with van der Waals surface area (Å²) in [5.74, 6) is -0.995. The first kappa shape index (κ1) is 16.0. The molecule has 2 amide bonds. The number of methoxy groups -OCH3 is 2. The number of nitrogens with zero attached hydrogens (tertiary/aromatic N) is 1. The molecule has 2 unspecified atom stereocenters. The number of hydrogen-bond donors (Lipinski definition) is 2. The Labute approximate surface area is 124 Å². The number of amides is 2. The molecule has 1 aliphatic heterocycles. The van der Waals surface area contributed by atoms with Crippen LogP contribution in [0.3, 0.4) is 0 Å². The van der Waals surface area contributed by atoms with E-state index < -0.39 is 5.97 Å². The molecule has 0 spiro atoms. The zero-order valence-electron chi connectivity index (χ0n) is 12.6. The molecule has 2 N–H and O–H groups in total. The molecule has 2 atom stereocenters. The molecule has 120 valence electrons. The topological polar surface area (TPSA) is 88.1 Å². The molecule has 2 aliphatic rings. The number of urea groups is 1. The van der Waals surface area contributed by atoms with Crippen LogP contribution in [0.5, 0.6) is 0 Å². The van der Waals surface area contributed by atoms with Gasteiger partial charge in [0.15, 0.2) is 0 Å². The van der Waals surface area contributed by atoms with E-state index in [0.29, 0.717) is 25.9 Å². The van der Waals surface area contributed by atoms with E-state index in [2.05, 4.69) is 5.32 Å². The molecule has 0 radical (unpaired) electrons. The third-order valence-electron chi connectivity index (χ3n) is 4.51. The minimum Gasteiger partial charge on any atom is -0.481 e. The zero-order valence-corrected chi connectivity index (χ0v) is 12.6. The molecule has 1 heterocycles. The molecule has 7 nitrogen and oxygen atoms in total. The fourth-order valence-corrected chi connectivity index (χ4v) is 3.11. The number of likely N-dealkylation sites (tertiary alicyclic amines) is 1. The van der Waals surface area contributed by atoms with Gasteiger partial charge in [-0.25, -0.2) is 4.79 Å². The van der Waals surface area contributed by atoms with Gasteiger partial charge in [-0.15, -0.1) is 0 Å². The number of rotatable bonds is 4. The Balaban J connectivity index is 1.79. The number of carbonyl (C=O) groups excluding carboxylic acids is 1. The van der Waals surface area contributed by atoms with Crippen LogP contribution >= 0.6 is 0 Å². The lowest BCUT2D eigenvalue weighted by Crippen LogP contribution is -2.46. The molecule has 0 aromatic heterocycles. The third kappa shape index (κ3) is 3.85. The molecule has 1 aliphatic carbocycles. The summed E-state index contributed by atoms with van der Waals surface area (Å²) in [6, 6.07) is -0.0499. The number of nitrogens with one attached hydrogen (secondary N) is 1. The maximum Gasteiger partial charge on any atom is 0.317 e. The van der Waals surface area contributed by atoms with Gasteiger partial charge in [0.25, 0.3) is 0 Å². The van der Waals surface area contributed by atoms with Crippen LogP contribution in [-0.4, -0.2) is 67.6 Å². The molecular formula is C14H24N2O5. The van der Waals surface area contributed by atoms with Gasteiger partial charge in [-0.3, -0.25) is 4.79 Å². The lowest BCUT2D eigenvalue weighted by molar-refractivity contribution is -0.142. The maximum atomic E-state index is 12.2. The normalized spacial score (nSPS) is 33.0. The summed E-state index contributed by atoms with van der Waals surface area (Å²) in [6.07, 6.45) is 2.51. The summed E-state index contributed by atoms with van der Waals surface area (Å²) in [7, 11) is 3.23. The van der Waals surface area contributed by atoms with Crippen molar-refractivity contribution in [2.45, 2.75) is 43.9 Å². The number of carboxylic acid groups (broad SMARTS) is 1. The van der Waals surface area contributed by atoms with Crippen molar-refractivity contribution in [3.05, 3.63) is 0 Å². The second-order valence-corrected chi connectivity index (χ2v) is 5.79. The van der Waals surface area contributed by atoms with Crippen LogP contribution < -0.4 is 5.32 Å². The highest BCUT2D eigenvalue weighted by Crippen LogP contribution is 2.25. The standard InChI is InChI=1S/C14H24N2O5/c1-20-11-7-16(8-12(11)21-2)14(19)15-10-5-3-9(4-6-10)13(17)18/h9-12H,3-8H2,1-2H3,(H,15,19)(H,17,18). The van der Waals surface area contributed by atoms with Crippen LogP contribution in [0.4, 0.5) is 4.79 Å². The number of carboxylic acids is 1. The zero-order chi connectivity index (χ0) is 15.4. The Morgan fingerprint density at radius 2 is 1.57 bits per heavy atom. The van der Waals surface area contributed by atoms with E-state index in [1.807, 2.05) is 0 Å². The van der Waals surface area contributed by atoms with Crippen LogP contribution in [0.2, 0.25) is 0 Å². The minimum absolute atomic E-state index is 0.0655. The lowest BCUT2D eigenvalue weighted by atomic mass is 9.86. The van der Waals surface area contributed by atoms with Crippen molar-refractivity contribution in [2.24, 2.45) is 5.92 Å². The Bertz CT molecular complexity index is 370. The van der Waals surface area contributed by atoms with Gasteiger partial charge in [0, 0.05) is 20.3 Å². The van der Waals surface area contributed by atoms with E-state index in [1.54, 1.807) is 19.1 Å². The monoisotopic (exact) mass is 300 g/mol. The molecule has 0 bridgehead atoms. The summed E-state index contributed by atoms with van der Waals surface area (Å²) in [6.45, 7) is 1.04. The van der Waals surface area contributed by atoms with Crippen molar-refractivity contribution in [1.82, 2.24) is 10.2 Å². The van der Waals surface area contributed by atoms with Crippen LogP contribution in [-0.2, 0) is 14.3 Å². The van der Waals surface area contributed by atoms with Crippen molar-refractivity contribution in [2.75, 3.05) is 27.3 Å². The summed E-state index contributed by atoms with van der Waals surface area (Å²) >= 11 is 0. The van der Waals surface area contributed by atoms with Gasteiger partial charge < -0.3 is 24.8 Å². The first-order valence-electron chi connectivity index (χ1n) is 7.39. The average Bonchev–Trinajstić information content (AvgIpc) is 2.91. The lowest BCUT2D eigenvalue weighted by Gasteiger charge is -2.28. The summed E-state index contributed by atoms with van der Waals surface area (Å²) < 4.78 is 10.6. The molecule has 7 heteroatoms. The van der Waals surface area contributed by atoms with E-state index in [9.17, 15) is 9.59 Å². The fourth-order valence-electron chi connectivity index (χ4n) is 3.11. The van der Waals surface area contributed by atoms with Crippen LogP contribution in [0.15, 0.2) is 0 Å². The van der Waals surface area contributed by atoms with Crippen molar-refractivity contribution >= 4 is 12.0 Å². The van der Waals surface area contributed by atoms with Crippen LogP contribution in [0.25, 0.3) is 0 Å². The predicted octanol–water partition coefficient (Wildman–Crippen LogP) is 0.685. The van der Waals surface area contributed by atoms with Gasteiger partial charge in [-0.1, -0.05) is 0 Å². The van der Waals surface area contributed by atoms with E-state index in [4.69, 9.17) is 14.6 Å². The average molecular weight is 300 g/mol. The SMILES string of the molecule is COC1CN(C(=O)NC2CCC(C(=O)O)CC2)CC1OC. The number of carbonyl (C=O) groups is 2. The van der Waals surface area contributed by atoms with Crippen LogP contribution in [0, 0.1) is 5.92 Å². The Morgan fingerprint density at radius 3 is 2.00 bits per heavy atom. The molecular weight excluding hydrogens is 276 g/mol. The van der Waals surface area contributed by atoms with E-state index in [-0.39, 0.29) is 30.2 Å². The van der Waals surface area contributed by atoms with E-state index >= 15 is 0 Å². The van der Waals surface area contributed by atoms with Gasteiger partial charge in [0.05, 0.1) is 19.0 Å². The van der Waals surface area contributed by atoms with E-state index in [0.717, 1.165) is 12.8 Å². The molecule has 1 saturated heterocycles. The summed E-state index contributed by atoms with van der Waals surface area (Å²) in [5, 5.41) is 12.0. The van der Waals surface area contributed by atoms with Gasteiger partial charge in [0.2, 0.25) is 0 Å². The Morgan fingerprint density at radius 1 is 1.05 bits per heavy atom. The van der Waals surface area contributed by atoms with Crippen molar-refractivity contribution in [1.29, 1.82) is 0 Å². The number of aliphatic carboxylic acids is 1. The number of hydrogen-bond acceptors (Lipinski definition) is 4. The van der Waals surface area contributed by atoms with Crippen molar-refractivity contribution in [3.63, 3.8) is 0 Å². The molecule has 1 saturated carbocycles. The summed E-state index contributed by atoms with van der Waals surface area (Å²) in [5.41, 5.74) is 0. The second-order valence-electron chi connectivity index (χ2n) is 5.79. The summed E-state index contributed by atoms with van der Waals surface area (Å²) in [4.78, 5) is 24.8. The third-order valence-corrected chi connectivity index (χ3v) is 4.51. The first-order valence-corrected chi connectivity index (χ1v) is 7.39. The molecule has 2 rings (SSSR count). The Hall–Kier alpha value is -1.34. The van der Waals surface area contributed by atoms with Gasteiger partial charge in [-0.05, 0) is 25.7 Å². The molecule has 2 fully saturated rings. The van der Waals surface area contributed by atoms with E-state index in [1.165, 1.54) is 0 Å². The molecule has 0 aromatic rings. The fraction of sp³-hybridized carbons (Fsp3) is 0.857. The second kappa shape index (κ2) is 7.09. The van der Waals surface area contributed by atoms with Gasteiger partial charge >= 0.3 is 12.0 Å². The van der Waals surface area contributed by atoms with Crippen LogP contribution in [0.1, 0.15) is 25.7 Å². The van der Waals surface area contributed by atoms with Crippen molar-refractivity contribution < 1.29 is 24.2 Å². The highest BCUT2D eigenvalue weighted by molar-refractivity contribution is 5.75. The molecule has 21 heavy (non-hydrogen) atoms. The predicted molar refractivity (Wildman–Crippen MR) is 75.1 cm³/mol. The largest absolute Gasteiger partial charge is 0.481 e. The quantitative estimate of drug-likeness (QED) is 0.797. The maximum absolute atomic E-state index is 12.2. The highest BCUT2D eigenvalue weighted by atomic mass is 16.5. The highest BCUT2D eigenvalue weighted by Gasteiger charge is 2.36. The molecule has 0 aromatic carbocycles. The van der Waals surface area contributed by atoms with Crippen molar-refractivity contribution in [3.8, 4) is 0 Å². The van der Waals surface area contributed by atoms with Gasteiger partial charge in [-0.2, -0.15) is 0 Å². The smallest absolute Gasteiger partial charge is 0.317 e. The Kier molecular flexibility index (Phi) is 5.41. The van der Waals surface area contributed by atoms with Gasteiger partial charge in [0.1, 0.15) is 12.2 Å².